The second-order valence-corrected chi connectivity index (χ2v) is 4.24. The van der Waals surface area contributed by atoms with Crippen LogP contribution in [-0.4, -0.2) is 30.9 Å². The van der Waals surface area contributed by atoms with Gasteiger partial charge < -0.3 is 10.1 Å². The molecule has 0 radical (unpaired) electrons. The molecule has 16 heavy (non-hydrogen) atoms. The molecule has 0 aromatic rings. The summed E-state index contributed by atoms with van der Waals surface area (Å²) in [4.78, 5) is 22.6. The lowest BCUT2D eigenvalue weighted by molar-refractivity contribution is -0.154. The quantitative estimate of drug-likeness (QED) is 0.406. The molecule has 1 aliphatic rings. The fourth-order valence-electron chi connectivity index (χ4n) is 1.80. The molecule has 0 aromatic carbocycles. The van der Waals surface area contributed by atoms with Crippen LogP contribution in [0.2, 0.25) is 0 Å². The van der Waals surface area contributed by atoms with Crippen LogP contribution in [0.1, 0.15) is 45.4 Å². The first-order valence-corrected chi connectivity index (χ1v) is 6.17. The molecule has 0 bridgehead atoms. The van der Waals surface area contributed by atoms with Crippen LogP contribution in [0.5, 0.6) is 0 Å². The highest BCUT2D eigenvalue weighted by Gasteiger charge is 2.19. The number of hydrogen-bond acceptors (Lipinski definition) is 4. The van der Waals surface area contributed by atoms with Gasteiger partial charge in [0, 0.05) is 12.5 Å². The maximum absolute atomic E-state index is 11.4. The predicted molar refractivity (Wildman–Crippen MR) is 61.1 cm³/mol. The highest BCUT2D eigenvalue weighted by atomic mass is 16.5. The number of ketones is 1. The van der Waals surface area contributed by atoms with E-state index in [1.54, 1.807) is 0 Å². The van der Waals surface area contributed by atoms with Gasteiger partial charge in [-0.25, -0.2) is 4.79 Å². The third kappa shape index (κ3) is 4.75. The molecule has 1 rings (SSSR count). The zero-order chi connectivity index (χ0) is 11.8. The van der Waals surface area contributed by atoms with Gasteiger partial charge in [0.25, 0.3) is 0 Å². The molecule has 4 nitrogen and oxygen atoms in total. The number of hydrogen-bond donors (Lipinski definition) is 1. The van der Waals surface area contributed by atoms with Gasteiger partial charge in [-0.15, -0.1) is 0 Å². The molecule has 1 saturated heterocycles. The summed E-state index contributed by atoms with van der Waals surface area (Å²) in [7, 11) is 0. The first-order valence-electron chi connectivity index (χ1n) is 6.17. The van der Waals surface area contributed by atoms with E-state index >= 15 is 0 Å². The lowest BCUT2D eigenvalue weighted by atomic mass is 10.1. The lowest BCUT2D eigenvalue weighted by Crippen LogP contribution is -2.24. The monoisotopic (exact) mass is 227 g/mol. The highest BCUT2D eigenvalue weighted by molar-refractivity contribution is 6.33. The van der Waals surface area contributed by atoms with Gasteiger partial charge in [0.2, 0.25) is 5.78 Å². The molecule has 1 fully saturated rings. The van der Waals surface area contributed by atoms with Gasteiger partial charge in [0.1, 0.15) is 0 Å². The van der Waals surface area contributed by atoms with E-state index < -0.39 is 5.97 Å². The Morgan fingerprint density at radius 3 is 2.88 bits per heavy atom. The minimum atomic E-state index is -0.661. The van der Waals surface area contributed by atoms with Crippen LogP contribution in [-0.2, 0) is 14.3 Å². The Labute approximate surface area is 96.7 Å². The summed E-state index contributed by atoms with van der Waals surface area (Å²) in [6.07, 6.45) is 5.12. The molecule has 1 aliphatic heterocycles. The van der Waals surface area contributed by atoms with Gasteiger partial charge in [-0.1, -0.05) is 13.3 Å². The van der Waals surface area contributed by atoms with Crippen LogP contribution in [0.25, 0.3) is 0 Å². The van der Waals surface area contributed by atoms with Crippen molar-refractivity contribution >= 4 is 11.8 Å². The fourth-order valence-corrected chi connectivity index (χ4v) is 1.80. The molecular formula is C12H21NO3. The van der Waals surface area contributed by atoms with E-state index in [4.69, 9.17) is 4.74 Å². The average Bonchev–Trinajstić information content (AvgIpc) is 2.79. The Morgan fingerprint density at radius 1 is 1.44 bits per heavy atom. The van der Waals surface area contributed by atoms with Crippen molar-refractivity contribution in [1.29, 1.82) is 0 Å². The van der Waals surface area contributed by atoms with E-state index in [1.165, 1.54) is 6.42 Å². The van der Waals surface area contributed by atoms with Gasteiger partial charge >= 0.3 is 5.97 Å². The molecular weight excluding hydrogens is 206 g/mol. The molecule has 1 N–H and O–H groups in total. The number of rotatable bonds is 7. The molecule has 4 heteroatoms. The minimum Gasteiger partial charge on any atom is -0.460 e. The van der Waals surface area contributed by atoms with Crippen LogP contribution in [0, 0.1) is 0 Å². The van der Waals surface area contributed by atoms with Crippen LogP contribution in [0.4, 0.5) is 0 Å². The summed E-state index contributed by atoms with van der Waals surface area (Å²) in [5.41, 5.74) is 0. The Hall–Kier alpha value is -0.900. The number of unbranched alkanes of at least 4 members (excludes halogenated alkanes) is 1. The average molecular weight is 227 g/mol. The standard InChI is InChI=1S/C12H21NO3/c1-2-3-9-16-12(15)11(14)7-6-10-5-4-8-13-10/h10,13H,2-9H2,1H3. The van der Waals surface area contributed by atoms with Crippen molar-refractivity contribution in [3.05, 3.63) is 0 Å². The van der Waals surface area contributed by atoms with Gasteiger partial charge in [0.05, 0.1) is 6.61 Å². The topological polar surface area (TPSA) is 55.4 Å². The van der Waals surface area contributed by atoms with Gasteiger partial charge in [-0.2, -0.15) is 0 Å². The molecule has 1 heterocycles. The van der Waals surface area contributed by atoms with E-state index in [9.17, 15) is 9.59 Å². The number of carbonyl (C=O) groups is 2. The van der Waals surface area contributed by atoms with Crippen molar-refractivity contribution in [3.8, 4) is 0 Å². The number of Topliss-reactive ketones (excluding diaryl/α,β-unsaturated/α-hetero) is 1. The Morgan fingerprint density at radius 2 is 2.25 bits per heavy atom. The highest BCUT2D eigenvalue weighted by Crippen LogP contribution is 2.11. The Kier molecular flexibility index (Phi) is 6.08. The number of carbonyl (C=O) groups excluding carboxylic acids is 2. The predicted octanol–water partition coefficient (Wildman–Crippen LogP) is 1.43. The van der Waals surface area contributed by atoms with Gasteiger partial charge in [-0.05, 0) is 32.2 Å². The van der Waals surface area contributed by atoms with Gasteiger partial charge in [0.15, 0.2) is 0 Å². The zero-order valence-electron chi connectivity index (χ0n) is 9.96. The minimum absolute atomic E-state index is 0.308. The first-order chi connectivity index (χ1) is 7.74. The normalized spacial score (nSPS) is 19.7. The largest absolute Gasteiger partial charge is 0.460 e. The van der Waals surface area contributed by atoms with Crippen molar-refractivity contribution < 1.29 is 14.3 Å². The Bertz CT molecular complexity index is 234. The van der Waals surface area contributed by atoms with Crippen LogP contribution < -0.4 is 5.32 Å². The third-order valence-electron chi connectivity index (χ3n) is 2.84. The summed E-state index contributed by atoms with van der Waals surface area (Å²) in [5.74, 6) is -1.05. The third-order valence-corrected chi connectivity index (χ3v) is 2.84. The van der Waals surface area contributed by atoms with Crippen LogP contribution in [0.3, 0.4) is 0 Å². The van der Waals surface area contributed by atoms with E-state index in [-0.39, 0.29) is 5.78 Å². The fraction of sp³-hybridized carbons (Fsp3) is 0.833. The summed E-state index contributed by atoms with van der Waals surface area (Å²) in [5, 5.41) is 3.30. The second kappa shape index (κ2) is 7.39. The van der Waals surface area contributed by atoms with E-state index in [2.05, 4.69) is 5.32 Å². The maximum atomic E-state index is 11.4. The van der Waals surface area contributed by atoms with Crippen molar-refractivity contribution in [2.45, 2.75) is 51.5 Å². The molecule has 0 aliphatic carbocycles. The van der Waals surface area contributed by atoms with Crippen molar-refractivity contribution in [2.24, 2.45) is 0 Å². The van der Waals surface area contributed by atoms with Gasteiger partial charge in [-0.3, -0.25) is 4.79 Å². The summed E-state index contributed by atoms with van der Waals surface area (Å²) >= 11 is 0. The summed E-state index contributed by atoms with van der Waals surface area (Å²) in [6, 6.07) is 0.410. The molecule has 0 saturated carbocycles. The van der Waals surface area contributed by atoms with Crippen LogP contribution in [0.15, 0.2) is 0 Å². The number of esters is 1. The molecule has 1 atom stereocenters. The zero-order valence-corrected chi connectivity index (χ0v) is 9.96. The maximum Gasteiger partial charge on any atom is 0.374 e. The summed E-state index contributed by atoms with van der Waals surface area (Å²) in [6.45, 7) is 3.41. The van der Waals surface area contributed by atoms with Crippen molar-refractivity contribution in [3.63, 3.8) is 0 Å². The molecule has 92 valence electrons. The second-order valence-electron chi connectivity index (χ2n) is 4.24. The smallest absolute Gasteiger partial charge is 0.374 e. The Balaban J connectivity index is 2.10. The molecule has 0 spiro atoms. The first kappa shape index (κ1) is 13.2. The van der Waals surface area contributed by atoms with E-state index in [0.717, 1.165) is 32.2 Å². The van der Waals surface area contributed by atoms with E-state index in [1.807, 2.05) is 6.92 Å². The molecule has 1 unspecified atom stereocenters. The van der Waals surface area contributed by atoms with Crippen molar-refractivity contribution in [1.82, 2.24) is 5.32 Å². The lowest BCUT2D eigenvalue weighted by Gasteiger charge is -2.08. The molecule has 0 amide bonds. The van der Waals surface area contributed by atoms with E-state index in [0.29, 0.717) is 19.1 Å². The van der Waals surface area contributed by atoms with Crippen molar-refractivity contribution in [2.75, 3.05) is 13.2 Å². The number of ether oxygens (including phenoxy) is 1. The number of nitrogens with one attached hydrogen (secondary N) is 1. The van der Waals surface area contributed by atoms with Crippen LogP contribution >= 0.6 is 0 Å². The summed E-state index contributed by atoms with van der Waals surface area (Å²) < 4.78 is 4.85. The molecule has 0 aromatic heterocycles. The SMILES string of the molecule is CCCCOC(=O)C(=O)CCC1CCCN1.